The number of carbonyl (C=O) groups is 1. The van der Waals surface area contributed by atoms with E-state index < -0.39 is 0 Å². The van der Waals surface area contributed by atoms with Gasteiger partial charge in [-0.2, -0.15) is 9.78 Å². The molecule has 0 bridgehead atoms. The summed E-state index contributed by atoms with van der Waals surface area (Å²) in [6.45, 7) is 0. The monoisotopic (exact) mass is 444 g/mol. The molecule has 1 aliphatic carbocycles. The zero-order chi connectivity index (χ0) is 17.7. The van der Waals surface area contributed by atoms with Crippen LogP contribution in [0.15, 0.2) is 40.2 Å². The quantitative estimate of drug-likeness (QED) is 0.480. The van der Waals surface area contributed by atoms with E-state index in [4.69, 9.17) is 10.1 Å². The number of amides is 1. The van der Waals surface area contributed by atoms with Gasteiger partial charge in [0.15, 0.2) is 0 Å². The Morgan fingerprint density at radius 1 is 1.15 bits per heavy atom. The minimum atomic E-state index is -0.113. The number of benzene rings is 1. The van der Waals surface area contributed by atoms with Gasteiger partial charge in [0.05, 0.1) is 24.6 Å². The van der Waals surface area contributed by atoms with E-state index in [1.807, 2.05) is 30.3 Å². The zero-order valence-corrected chi connectivity index (χ0v) is 16.7. The van der Waals surface area contributed by atoms with Gasteiger partial charge in [-0.1, -0.05) is 23.5 Å². The maximum absolute atomic E-state index is 12.7. The van der Waals surface area contributed by atoms with Crippen LogP contribution in [0.2, 0.25) is 0 Å². The number of nitrogens with zero attached hydrogens (tertiary/aromatic N) is 3. The lowest BCUT2D eigenvalue weighted by molar-refractivity contribution is 0.102. The van der Waals surface area contributed by atoms with Crippen LogP contribution in [0.5, 0.6) is 0 Å². The highest BCUT2D eigenvalue weighted by Gasteiger charge is 2.26. The predicted molar refractivity (Wildman–Crippen MR) is 109 cm³/mol. The first-order valence-electron chi connectivity index (χ1n) is 8.22. The van der Waals surface area contributed by atoms with Crippen LogP contribution in [-0.2, 0) is 12.8 Å². The van der Waals surface area contributed by atoms with Crippen LogP contribution in [0, 0.1) is 0 Å². The van der Waals surface area contributed by atoms with Gasteiger partial charge in [0.1, 0.15) is 5.82 Å². The van der Waals surface area contributed by atoms with Crippen molar-refractivity contribution in [2.75, 3.05) is 5.32 Å². The van der Waals surface area contributed by atoms with E-state index in [2.05, 4.69) is 27.3 Å². The highest BCUT2D eigenvalue weighted by Crippen LogP contribution is 2.34. The van der Waals surface area contributed by atoms with Crippen LogP contribution in [-0.4, -0.2) is 20.7 Å². The van der Waals surface area contributed by atoms with Crippen molar-refractivity contribution in [3.05, 3.63) is 56.3 Å². The largest absolute Gasteiger partial charge is 0.305 e. The summed E-state index contributed by atoms with van der Waals surface area (Å²) >= 11 is 6.41. The highest BCUT2D eigenvalue weighted by atomic mass is 79.9. The molecule has 1 aromatic carbocycles. The lowest BCUT2D eigenvalue weighted by Gasteiger charge is -2.08. The molecule has 8 heteroatoms. The number of rotatable bonds is 3. The van der Waals surface area contributed by atoms with Gasteiger partial charge >= 0.3 is 0 Å². The maximum atomic E-state index is 12.7. The fourth-order valence-electron chi connectivity index (χ4n) is 3.21. The molecule has 26 heavy (non-hydrogen) atoms. The molecule has 0 spiro atoms. The Labute approximate surface area is 165 Å². The van der Waals surface area contributed by atoms with Gasteiger partial charge in [0, 0.05) is 5.56 Å². The number of para-hydroxylation sites is 1. The minimum absolute atomic E-state index is 0.113. The van der Waals surface area contributed by atoms with Crippen molar-refractivity contribution in [1.82, 2.24) is 14.8 Å². The van der Waals surface area contributed by atoms with Gasteiger partial charge < -0.3 is 5.32 Å². The number of thiazole rings is 1. The molecular formula is C18H13BrN4OS2. The van der Waals surface area contributed by atoms with Crippen molar-refractivity contribution in [1.29, 1.82) is 0 Å². The fourth-order valence-corrected chi connectivity index (χ4v) is 5.42. The molecule has 0 saturated carbocycles. The first-order valence-corrected chi connectivity index (χ1v) is 10.6. The lowest BCUT2D eigenvalue weighted by atomic mass is 10.2. The number of nitrogens with one attached hydrogen (secondary N) is 1. The van der Waals surface area contributed by atoms with E-state index in [1.165, 1.54) is 11.3 Å². The van der Waals surface area contributed by atoms with Crippen LogP contribution in [0.4, 0.5) is 5.82 Å². The Balaban J connectivity index is 1.59. The Hall–Kier alpha value is -2.03. The summed E-state index contributed by atoms with van der Waals surface area (Å²) in [5.41, 5.74) is 3.14. The Morgan fingerprint density at radius 2 is 2.04 bits per heavy atom. The first-order chi connectivity index (χ1) is 12.7. The number of carbonyl (C=O) groups excluding carboxylic acids is 1. The SMILES string of the molecule is O=C(Nc1c2c(nn1-c1nc3ccccc3s1)CCC2)c1ccc(Br)s1. The topological polar surface area (TPSA) is 59.8 Å². The minimum Gasteiger partial charge on any atom is -0.305 e. The molecule has 0 aliphatic heterocycles. The predicted octanol–water partition coefficient (Wildman–Crippen LogP) is 5.05. The summed E-state index contributed by atoms with van der Waals surface area (Å²) in [4.78, 5) is 18.1. The second-order valence-corrected chi connectivity index (χ2v) is 9.53. The fraction of sp³-hybridized carbons (Fsp3) is 0.167. The molecule has 0 unspecified atom stereocenters. The average molecular weight is 445 g/mol. The lowest BCUT2D eigenvalue weighted by Crippen LogP contribution is -2.15. The first kappa shape index (κ1) is 16.2. The van der Waals surface area contributed by atoms with Crippen molar-refractivity contribution >= 4 is 60.5 Å². The number of aryl methyl sites for hydroxylation is 1. The van der Waals surface area contributed by atoms with Crippen LogP contribution in [0.1, 0.15) is 27.3 Å². The summed E-state index contributed by atoms with van der Waals surface area (Å²) in [6, 6.07) is 11.7. The van der Waals surface area contributed by atoms with Crippen molar-refractivity contribution in [3.63, 3.8) is 0 Å². The number of fused-ring (bicyclic) bond motifs is 2. The van der Waals surface area contributed by atoms with Crippen molar-refractivity contribution in [2.45, 2.75) is 19.3 Å². The standard InChI is InChI=1S/C18H13BrN4OS2/c19-15-9-8-14(25-15)17(24)21-16-10-4-3-6-11(10)22-23(16)18-20-12-5-1-2-7-13(12)26-18/h1-2,5,7-9H,3-4,6H2,(H,21,24). The summed E-state index contributed by atoms with van der Waals surface area (Å²) in [5.74, 6) is 0.642. The molecule has 0 radical (unpaired) electrons. The van der Waals surface area contributed by atoms with E-state index in [1.54, 1.807) is 16.0 Å². The van der Waals surface area contributed by atoms with E-state index in [9.17, 15) is 4.79 Å². The van der Waals surface area contributed by atoms with Crippen LogP contribution in [0.25, 0.3) is 15.3 Å². The smallest absolute Gasteiger partial charge is 0.266 e. The van der Waals surface area contributed by atoms with Gasteiger partial charge in [-0.25, -0.2) is 4.98 Å². The van der Waals surface area contributed by atoms with E-state index in [0.29, 0.717) is 4.88 Å². The van der Waals surface area contributed by atoms with Crippen molar-refractivity contribution in [2.24, 2.45) is 0 Å². The maximum Gasteiger partial charge on any atom is 0.266 e. The third-order valence-electron chi connectivity index (χ3n) is 4.40. The van der Waals surface area contributed by atoms with Crippen LogP contribution < -0.4 is 5.32 Å². The van der Waals surface area contributed by atoms with E-state index in [0.717, 1.165) is 55.5 Å². The second-order valence-electron chi connectivity index (χ2n) is 6.06. The molecule has 1 N–H and O–H groups in total. The Kier molecular flexibility index (Phi) is 3.91. The molecule has 0 atom stereocenters. The molecule has 4 aromatic rings. The summed E-state index contributed by atoms with van der Waals surface area (Å²) in [6.07, 6.45) is 2.95. The van der Waals surface area contributed by atoms with Crippen molar-refractivity contribution in [3.8, 4) is 5.13 Å². The van der Waals surface area contributed by atoms with Gasteiger partial charge in [-0.3, -0.25) is 4.79 Å². The summed E-state index contributed by atoms with van der Waals surface area (Å²) < 4.78 is 3.85. The van der Waals surface area contributed by atoms with Gasteiger partial charge in [0.2, 0.25) is 5.13 Å². The second kappa shape index (κ2) is 6.29. The van der Waals surface area contributed by atoms with Gasteiger partial charge in [-0.15, -0.1) is 11.3 Å². The number of hydrogen-bond acceptors (Lipinski definition) is 5. The van der Waals surface area contributed by atoms with Gasteiger partial charge in [-0.05, 0) is 59.5 Å². The van der Waals surface area contributed by atoms with E-state index in [-0.39, 0.29) is 5.91 Å². The number of anilines is 1. The number of aromatic nitrogens is 3. The Morgan fingerprint density at radius 3 is 2.85 bits per heavy atom. The number of halogens is 1. The zero-order valence-electron chi connectivity index (χ0n) is 13.5. The highest BCUT2D eigenvalue weighted by molar-refractivity contribution is 9.11. The molecule has 1 amide bonds. The molecule has 5 nitrogen and oxygen atoms in total. The molecule has 0 saturated heterocycles. The van der Waals surface area contributed by atoms with Crippen LogP contribution in [0.3, 0.4) is 0 Å². The Bertz CT molecular complexity index is 1110. The third kappa shape index (κ3) is 2.69. The number of thiophene rings is 1. The van der Waals surface area contributed by atoms with Crippen LogP contribution >= 0.6 is 38.6 Å². The molecule has 3 aromatic heterocycles. The third-order valence-corrected chi connectivity index (χ3v) is 7.03. The number of hydrogen-bond donors (Lipinski definition) is 1. The average Bonchev–Trinajstić information content (AvgIpc) is 3.38. The normalized spacial score (nSPS) is 13.3. The molecule has 0 fully saturated rings. The van der Waals surface area contributed by atoms with Crippen molar-refractivity contribution < 1.29 is 4.79 Å². The summed E-state index contributed by atoms with van der Waals surface area (Å²) in [5, 5.41) is 8.61. The van der Waals surface area contributed by atoms with E-state index >= 15 is 0 Å². The molecule has 5 rings (SSSR count). The molecule has 1 aliphatic rings. The molecular weight excluding hydrogens is 432 g/mol. The van der Waals surface area contributed by atoms with Gasteiger partial charge in [0.25, 0.3) is 5.91 Å². The summed E-state index contributed by atoms with van der Waals surface area (Å²) in [7, 11) is 0. The molecule has 130 valence electrons. The molecule has 3 heterocycles.